The van der Waals surface area contributed by atoms with Crippen molar-refractivity contribution in [1.82, 2.24) is 10.2 Å². The Labute approximate surface area is 106 Å². The van der Waals surface area contributed by atoms with Gasteiger partial charge < -0.3 is 10.1 Å². The highest BCUT2D eigenvalue weighted by Crippen LogP contribution is 2.25. The minimum Gasteiger partial charge on any atom is -0.377 e. The third-order valence-electron chi connectivity index (χ3n) is 4.45. The highest BCUT2D eigenvalue weighted by atomic mass is 16.5. The monoisotopic (exact) mass is 240 g/mol. The van der Waals surface area contributed by atoms with E-state index in [1.165, 1.54) is 32.2 Å². The van der Waals surface area contributed by atoms with Crippen molar-refractivity contribution in [2.75, 3.05) is 19.7 Å². The molecule has 0 aromatic carbocycles. The Balaban J connectivity index is 1.85. The van der Waals surface area contributed by atoms with Gasteiger partial charge in [-0.3, -0.25) is 4.90 Å². The summed E-state index contributed by atoms with van der Waals surface area (Å²) in [6.07, 6.45) is 5.55. The van der Waals surface area contributed by atoms with E-state index in [-0.39, 0.29) is 0 Å². The van der Waals surface area contributed by atoms with Crippen molar-refractivity contribution in [3.05, 3.63) is 0 Å². The van der Waals surface area contributed by atoms with Crippen LogP contribution in [0, 0.1) is 0 Å². The van der Waals surface area contributed by atoms with Crippen molar-refractivity contribution in [3.63, 3.8) is 0 Å². The predicted molar refractivity (Wildman–Crippen MR) is 71.3 cm³/mol. The lowest BCUT2D eigenvalue weighted by Gasteiger charge is -2.43. The van der Waals surface area contributed by atoms with Crippen LogP contribution < -0.4 is 5.32 Å². The van der Waals surface area contributed by atoms with E-state index in [0.717, 1.165) is 19.2 Å². The first-order valence-electron chi connectivity index (χ1n) is 7.33. The molecule has 4 atom stereocenters. The van der Waals surface area contributed by atoms with E-state index >= 15 is 0 Å². The summed E-state index contributed by atoms with van der Waals surface area (Å²) in [7, 11) is 0. The van der Waals surface area contributed by atoms with E-state index in [4.69, 9.17) is 4.74 Å². The molecule has 0 radical (unpaired) electrons. The molecule has 1 N–H and O–H groups in total. The molecule has 0 saturated carbocycles. The Hall–Kier alpha value is -0.120. The van der Waals surface area contributed by atoms with Gasteiger partial charge in [-0.1, -0.05) is 6.92 Å². The van der Waals surface area contributed by atoms with E-state index in [9.17, 15) is 0 Å². The van der Waals surface area contributed by atoms with Gasteiger partial charge in [0.05, 0.1) is 6.10 Å². The summed E-state index contributed by atoms with van der Waals surface area (Å²) in [4.78, 5) is 2.66. The average Bonchev–Trinajstić information content (AvgIpc) is 2.82. The lowest BCUT2D eigenvalue weighted by molar-refractivity contribution is -0.000931. The van der Waals surface area contributed by atoms with Crippen LogP contribution in [0.4, 0.5) is 0 Å². The number of likely N-dealkylation sites (tertiary alicyclic amines) is 1. The molecule has 2 rings (SSSR count). The molecule has 4 unspecified atom stereocenters. The smallest absolute Gasteiger partial charge is 0.0728 e. The second-order valence-electron chi connectivity index (χ2n) is 5.66. The SMILES string of the molecule is CCNC1CCN(C(C)C2CCCO2)C(C)C1. The standard InChI is InChI=1S/C14H28N2O/c1-4-15-13-7-8-16(11(2)10-13)12(3)14-6-5-9-17-14/h11-15H,4-10H2,1-3H3. The molecule has 0 aliphatic carbocycles. The first-order valence-corrected chi connectivity index (χ1v) is 7.33. The topological polar surface area (TPSA) is 24.5 Å². The van der Waals surface area contributed by atoms with Gasteiger partial charge in [-0.25, -0.2) is 0 Å². The third kappa shape index (κ3) is 3.21. The van der Waals surface area contributed by atoms with Crippen LogP contribution in [0.15, 0.2) is 0 Å². The summed E-state index contributed by atoms with van der Waals surface area (Å²) in [6.45, 7) is 10.2. The van der Waals surface area contributed by atoms with Crippen molar-refractivity contribution in [2.24, 2.45) is 0 Å². The zero-order valence-corrected chi connectivity index (χ0v) is 11.6. The van der Waals surface area contributed by atoms with Crippen LogP contribution in [0.1, 0.15) is 46.5 Å². The molecular formula is C14H28N2O. The van der Waals surface area contributed by atoms with Gasteiger partial charge in [0.2, 0.25) is 0 Å². The molecule has 0 bridgehead atoms. The molecular weight excluding hydrogens is 212 g/mol. The number of piperidine rings is 1. The molecule has 17 heavy (non-hydrogen) atoms. The first-order chi connectivity index (χ1) is 8.22. The lowest BCUT2D eigenvalue weighted by Crippen LogP contribution is -2.53. The minimum absolute atomic E-state index is 0.480. The molecule has 2 fully saturated rings. The number of ether oxygens (including phenoxy) is 1. The summed E-state index contributed by atoms with van der Waals surface area (Å²) in [6, 6.07) is 2.00. The summed E-state index contributed by atoms with van der Waals surface area (Å²) >= 11 is 0. The lowest BCUT2D eigenvalue weighted by atomic mass is 9.95. The molecule has 2 aliphatic heterocycles. The van der Waals surface area contributed by atoms with Crippen molar-refractivity contribution in [2.45, 2.75) is 70.7 Å². The van der Waals surface area contributed by atoms with Crippen molar-refractivity contribution in [1.29, 1.82) is 0 Å². The molecule has 0 spiro atoms. The fraction of sp³-hybridized carbons (Fsp3) is 1.00. The number of nitrogens with zero attached hydrogens (tertiary/aromatic N) is 1. The quantitative estimate of drug-likeness (QED) is 0.813. The van der Waals surface area contributed by atoms with Gasteiger partial charge in [0.25, 0.3) is 0 Å². The Bertz CT molecular complexity index is 228. The Morgan fingerprint density at radius 1 is 1.41 bits per heavy atom. The average molecular weight is 240 g/mol. The van der Waals surface area contributed by atoms with Gasteiger partial charge in [-0.05, 0) is 46.1 Å². The van der Waals surface area contributed by atoms with Crippen molar-refractivity contribution < 1.29 is 4.74 Å². The molecule has 0 aromatic rings. The Morgan fingerprint density at radius 3 is 2.82 bits per heavy atom. The van der Waals surface area contributed by atoms with Crippen LogP contribution in [0.25, 0.3) is 0 Å². The van der Waals surface area contributed by atoms with E-state index in [1.807, 2.05) is 0 Å². The van der Waals surface area contributed by atoms with E-state index < -0.39 is 0 Å². The number of rotatable bonds is 4. The normalized spacial score (nSPS) is 37.2. The van der Waals surface area contributed by atoms with Gasteiger partial charge in [0.15, 0.2) is 0 Å². The Kier molecular flexibility index (Phi) is 4.83. The predicted octanol–water partition coefficient (Wildman–Crippen LogP) is 2.02. The summed E-state index contributed by atoms with van der Waals surface area (Å²) in [5.41, 5.74) is 0. The second-order valence-corrected chi connectivity index (χ2v) is 5.66. The maximum atomic E-state index is 5.83. The van der Waals surface area contributed by atoms with Gasteiger partial charge in [-0.2, -0.15) is 0 Å². The van der Waals surface area contributed by atoms with Crippen LogP contribution in [-0.2, 0) is 4.74 Å². The van der Waals surface area contributed by atoms with Gasteiger partial charge in [-0.15, -0.1) is 0 Å². The number of nitrogens with one attached hydrogen (secondary N) is 1. The Morgan fingerprint density at radius 2 is 2.24 bits per heavy atom. The first kappa shape index (κ1) is 13.3. The summed E-state index contributed by atoms with van der Waals surface area (Å²) in [5.74, 6) is 0. The second kappa shape index (κ2) is 6.17. The highest BCUT2D eigenvalue weighted by molar-refractivity contribution is 4.89. The van der Waals surface area contributed by atoms with Gasteiger partial charge in [0.1, 0.15) is 0 Å². The molecule has 0 amide bonds. The third-order valence-corrected chi connectivity index (χ3v) is 4.45. The molecule has 3 nitrogen and oxygen atoms in total. The molecule has 2 saturated heterocycles. The van der Waals surface area contributed by atoms with Crippen LogP contribution >= 0.6 is 0 Å². The molecule has 2 heterocycles. The van der Waals surface area contributed by atoms with Crippen LogP contribution in [0.2, 0.25) is 0 Å². The maximum Gasteiger partial charge on any atom is 0.0728 e. The van der Waals surface area contributed by atoms with E-state index in [1.54, 1.807) is 0 Å². The summed E-state index contributed by atoms with van der Waals surface area (Å²) < 4.78 is 5.83. The fourth-order valence-electron chi connectivity index (χ4n) is 3.47. The fourth-order valence-corrected chi connectivity index (χ4v) is 3.47. The van der Waals surface area contributed by atoms with Crippen LogP contribution in [0.3, 0.4) is 0 Å². The van der Waals surface area contributed by atoms with E-state index in [0.29, 0.717) is 18.2 Å². The highest BCUT2D eigenvalue weighted by Gasteiger charge is 2.33. The van der Waals surface area contributed by atoms with Gasteiger partial charge >= 0.3 is 0 Å². The van der Waals surface area contributed by atoms with Gasteiger partial charge in [0, 0.05) is 31.3 Å². The minimum atomic E-state index is 0.480. The maximum absolute atomic E-state index is 5.83. The molecule has 100 valence electrons. The molecule has 3 heteroatoms. The largest absolute Gasteiger partial charge is 0.377 e. The van der Waals surface area contributed by atoms with E-state index in [2.05, 4.69) is 31.0 Å². The molecule has 2 aliphatic rings. The van der Waals surface area contributed by atoms with Crippen molar-refractivity contribution in [3.8, 4) is 0 Å². The molecule has 0 aromatic heterocycles. The number of hydrogen-bond donors (Lipinski definition) is 1. The van der Waals surface area contributed by atoms with Crippen molar-refractivity contribution >= 4 is 0 Å². The van der Waals surface area contributed by atoms with Crippen LogP contribution in [-0.4, -0.2) is 48.8 Å². The van der Waals surface area contributed by atoms with Crippen LogP contribution in [0.5, 0.6) is 0 Å². The summed E-state index contributed by atoms with van der Waals surface area (Å²) in [5, 5.41) is 3.59. The number of hydrogen-bond acceptors (Lipinski definition) is 3. The zero-order chi connectivity index (χ0) is 12.3. The zero-order valence-electron chi connectivity index (χ0n) is 11.6.